The second kappa shape index (κ2) is 6.55. The lowest BCUT2D eigenvalue weighted by atomic mass is 10.1. The Morgan fingerprint density at radius 3 is 2.22 bits per heavy atom. The molecule has 0 aromatic heterocycles. The first-order valence-corrected chi connectivity index (χ1v) is 6.53. The number of carbonyl (C=O) groups is 1. The largest absolute Gasteiger partial charge is 0.377 e. The molecule has 0 aliphatic rings. The molecule has 0 N–H and O–H groups in total. The number of Topliss-reactive ketones (excluding diaryl/α,β-unsaturated/α-hetero) is 1. The summed E-state index contributed by atoms with van der Waals surface area (Å²) in [6, 6.07) is 5.93. The van der Waals surface area contributed by atoms with Crippen LogP contribution in [0.1, 0.15) is 29.8 Å². The highest BCUT2D eigenvalue weighted by Gasteiger charge is 2.11. The summed E-state index contributed by atoms with van der Waals surface area (Å²) < 4.78 is 0. The molecule has 0 aliphatic heterocycles. The van der Waals surface area contributed by atoms with Gasteiger partial charge in [-0.2, -0.15) is 0 Å². The predicted octanol–water partition coefficient (Wildman–Crippen LogP) is 2.59. The first-order chi connectivity index (χ1) is 8.49. The van der Waals surface area contributed by atoms with Crippen molar-refractivity contribution < 1.29 is 4.79 Å². The summed E-state index contributed by atoms with van der Waals surface area (Å²) in [7, 11) is 4.03. The summed E-state index contributed by atoms with van der Waals surface area (Å²) in [5.74, 6) is 0.201. The number of benzene rings is 1. The third kappa shape index (κ3) is 3.57. The lowest BCUT2D eigenvalue weighted by Crippen LogP contribution is -2.29. The Kier molecular flexibility index (Phi) is 5.35. The quantitative estimate of drug-likeness (QED) is 0.723. The molecule has 0 aliphatic carbocycles. The van der Waals surface area contributed by atoms with Gasteiger partial charge in [0.1, 0.15) is 0 Å². The molecule has 0 spiro atoms. The van der Waals surface area contributed by atoms with Gasteiger partial charge >= 0.3 is 0 Å². The molecule has 1 aromatic carbocycles. The summed E-state index contributed by atoms with van der Waals surface area (Å²) in [5.41, 5.74) is 3.12. The van der Waals surface area contributed by atoms with E-state index in [4.69, 9.17) is 0 Å². The summed E-state index contributed by atoms with van der Waals surface area (Å²) >= 11 is 0. The van der Waals surface area contributed by atoms with E-state index in [9.17, 15) is 4.79 Å². The molecule has 0 fully saturated rings. The topological polar surface area (TPSA) is 23.6 Å². The molecule has 18 heavy (non-hydrogen) atoms. The third-order valence-corrected chi connectivity index (χ3v) is 3.26. The molecule has 0 saturated carbocycles. The molecule has 0 bridgehead atoms. The zero-order valence-corrected chi connectivity index (χ0v) is 12.2. The van der Waals surface area contributed by atoms with Crippen molar-refractivity contribution >= 4 is 11.5 Å². The lowest BCUT2D eigenvalue weighted by Gasteiger charge is -2.18. The summed E-state index contributed by atoms with van der Waals surface area (Å²) in [6.07, 6.45) is 0. The number of likely N-dealkylation sites (N-methyl/N-ethyl adjacent to an activating group) is 1. The molecule has 1 rings (SSSR count). The van der Waals surface area contributed by atoms with E-state index in [0.29, 0.717) is 6.54 Å². The minimum Gasteiger partial charge on any atom is -0.377 e. The van der Waals surface area contributed by atoms with Crippen molar-refractivity contribution in [2.75, 3.05) is 38.6 Å². The van der Waals surface area contributed by atoms with Crippen molar-refractivity contribution in [2.24, 2.45) is 0 Å². The van der Waals surface area contributed by atoms with Gasteiger partial charge in [-0.1, -0.05) is 13.8 Å². The smallest absolute Gasteiger partial charge is 0.176 e. The van der Waals surface area contributed by atoms with Crippen molar-refractivity contribution in [1.82, 2.24) is 4.90 Å². The fourth-order valence-corrected chi connectivity index (χ4v) is 2.07. The molecule has 1 aromatic rings. The van der Waals surface area contributed by atoms with Crippen molar-refractivity contribution in [1.29, 1.82) is 0 Å². The molecular weight excluding hydrogens is 224 g/mol. The van der Waals surface area contributed by atoms with E-state index in [-0.39, 0.29) is 5.78 Å². The Labute approximate surface area is 110 Å². The van der Waals surface area contributed by atoms with Crippen molar-refractivity contribution in [3.05, 3.63) is 29.3 Å². The van der Waals surface area contributed by atoms with Crippen molar-refractivity contribution in [2.45, 2.75) is 20.8 Å². The highest BCUT2D eigenvalue weighted by Crippen LogP contribution is 2.19. The zero-order chi connectivity index (χ0) is 13.7. The minimum atomic E-state index is 0.201. The van der Waals surface area contributed by atoms with E-state index in [0.717, 1.165) is 29.9 Å². The number of carbonyl (C=O) groups excluding carboxylic acids is 1. The highest BCUT2D eigenvalue weighted by molar-refractivity contribution is 5.98. The first-order valence-electron chi connectivity index (χ1n) is 6.53. The second-order valence-electron chi connectivity index (χ2n) is 4.78. The van der Waals surface area contributed by atoms with Crippen LogP contribution < -0.4 is 4.90 Å². The molecular formula is C15H24N2O. The van der Waals surface area contributed by atoms with E-state index in [1.54, 1.807) is 0 Å². The molecule has 0 atom stereocenters. The molecule has 0 unspecified atom stereocenters. The zero-order valence-electron chi connectivity index (χ0n) is 12.2. The van der Waals surface area contributed by atoms with Gasteiger partial charge in [0, 0.05) is 25.3 Å². The van der Waals surface area contributed by atoms with Gasteiger partial charge in [0.25, 0.3) is 0 Å². The highest BCUT2D eigenvalue weighted by atomic mass is 16.1. The van der Waals surface area contributed by atoms with Gasteiger partial charge < -0.3 is 4.90 Å². The van der Waals surface area contributed by atoms with Crippen molar-refractivity contribution in [3.8, 4) is 0 Å². The lowest BCUT2D eigenvalue weighted by molar-refractivity contribution is 0.0937. The van der Waals surface area contributed by atoms with Gasteiger partial charge in [0.05, 0.1) is 6.54 Å². The summed E-state index contributed by atoms with van der Waals surface area (Å²) in [4.78, 5) is 16.4. The number of hydrogen-bond donors (Lipinski definition) is 0. The molecule has 100 valence electrons. The van der Waals surface area contributed by atoms with Crippen LogP contribution in [0.2, 0.25) is 0 Å². The van der Waals surface area contributed by atoms with Crippen molar-refractivity contribution in [3.63, 3.8) is 0 Å². The van der Waals surface area contributed by atoms with Gasteiger partial charge in [-0.05, 0) is 43.8 Å². The summed E-state index contributed by atoms with van der Waals surface area (Å²) in [5, 5.41) is 0. The maximum Gasteiger partial charge on any atom is 0.176 e. The predicted molar refractivity (Wildman–Crippen MR) is 77.6 cm³/mol. The van der Waals surface area contributed by atoms with E-state index in [1.807, 2.05) is 39.2 Å². The van der Waals surface area contributed by atoms with Gasteiger partial charge in [-0.3, -0.25) is 9.69 Å². The monoisotopic (exact) mass is 248 g/mol. The Morgan fingerprint density at radius 1 is 1.17 bits per heavy atom. The van der Waals surface area contributed by atoms with Crippen LogP contribution in [-0.4, -0.2) is 44.4 Å². The number of anilines is 1. The van der Waals surface area contributed by atoms with Crippen LogP contribution in [0.25, 0.3) is 0 Å². The number of aryl methyl sites for hydroxylation is 1. The summed E-state index contributed by atoms with van der Waals surface area (Å²) in [6.45, 7) is 8.54. The number of nitrogens with zero attached hydrogens (tertiary/aromatic N) is 2. The molecule has 0 saturated heterocycles. The van der Waals surface area contributed by atoms with Crippen LogP contribution in [0.3, 0.4) is 0 Å². The van der Waals surface area contributed by atoms with E-state index < -0.39 is 0 Å². The number of ketones is 1. The Morgan fingerprint density at radius 2 is 1.78 bits per heavy atom. The van der Waals surface area contributed by atoms with Gasteiger partial charge in [0.2, 0.25) is 0 Å². The normalized spacial score (nSPS) is 10.8. The van der Waals surface area contributed by atoms with E-state index in [1.165, 1.54) is 0 Å². The van der Waals surface area contributed by atoms with Crippen LogP contribution in [0.5, 0.6) is 0 Å². The van der Waals surface area contributed by atoms with Crippen LogP contribution in [-0.2, 0) is 0 Å². The molecule has 3 heteroatoms. The SMILES string of the molecule is CCN(CC)CC(=O)c1ccc(N(C)C)c(C)c1. The number of rotatable bonds is 6. The van der Waals surface area contributed by atoms with Crippen LogP contribution in [0, 0.1) is 6.92 Å². The fourth-order valence-electron chi connectivity index (χ4n) is 2.07. The average molecular weight is 248 g/mol. The van der Waals surface area contributed by atoms with Crippen LogP contribution >= 0.6 is 0 Å². The molecule has 3 nitrogen and oxygen atoms in total. The Hall–Kier alpha value is -1.35. The Balaban J connectivity index is 2.84. The van der Waals surface area contributed by atoms with E-state index >= 15 is 0 Å². The molecule has 0 amide bonds. The molecule has 0 radical (unpaired) electrons. The van der Waals surface area contributed by atoms with Crippen LogP contribution in [0.15, 0.2) is 18.2 Å². The first kappa shape index (κ1) is 14.7. The van der Waals surface area contributed by atoms with Crippen LogP contribution in [0.4, 0.5) is 5.69 Å². The third-order valence-electron chi connectivity index (χ3n) is 3.26. The average Bonchev–Trinajstić information content (AvgIpc) is 2.34. The van der Waals surface area contributed by atoms with Gasteiger partial charge in [0.15, 0.2) is 5.78 Å². The minimum absolute atomic E-state index is 0.201. The standard InChI is InChI=1S/C15H24N2O/c1-6-17(7-2)11-15(18)13-8-9-14(16(4)5)12(3)10-13/h8-10H,6-7,11H2,1-5H3. The fraction of sp³-hybridized carbons (Fsp3) is 0.533. The molecule has 0 heterocycles. The maximum absolute atomic E-state index is 12.2. The Bertz CT molecular complexity index is 409. The van der Waals surface area contributed by atoms with E-state index in [2.05, 4.69) is 23.6 Å². The van der Waals surface area contributed by atoms with Gasteiger partial charge in [-0.25, -0.2) is 0 Å². The number of hydrogen-bond acceptors (Lipinski definition) is 3. The van der Waals surface area contributed by atoms with Gasteiger partial charge in [-0.15, -0.1) is 0 Å². The maximum atomic E-state index is 12.2. The second-order valence-corrected chi connectivity index (χ2v) is 4.78.